The molecular formula is C16H16Cl2N2O2. The molecule has 116 valence electrons. The van der Waals surface area contributed by atoms with Gasteiger partial charge in [0.1, 0.15) is 5.75 Å². The maximum atomic E-state index is 11.8. The van der Waals surface area contributed by atoms with Gasteiger partial charge in [-0.25, -0.2) is 0 Å². The average Bonchev–Trinajstić information content (AvgIpc) is 2.52. The Kier molecular flexibility index (Phi) is 5.92. The van der Waals surface area contributed by atoms with Crippen LogP contribution in [-0.2, 0) is 11.3 Å². The van der Waals surface area contributed by atoms with Crippen molar-refractivity contribution in [3.63, 3.8) is 0 Å². The van der Waals surface area contributed by atoms with E-state index in [1.165, 1.54) is 0 Å². The van der Waals surface area contributed by atoms with E-state index in [2.05, 4.69) is 10.6 Å². The third-order valence-corrected chi connectivity index (χ3v) is 3.70. The molecule has 0 saturated carbocycles. The molecule has 0 fully saturated rings. The SMILES string of the molecule is COc1ccc(NCC(=O)NCc2ccccc2Cl)cc1Cl. The first-order valence-electron chi connectivity index (χ1n) is 6.67. The zero-order valence-electron chi connectivity index (χ0n) is 12.0. The third kappa shape index (κ3) is 4.55. The van der Waals surface area contributed by atoms with Crippen LogP contribution in [0.3, 0.4) is 0 Å². The van der Waals surface area contributed by atoms with Crippen LogP contribution in [0, 0.1) is 0 Å². The van der Waals surface area contributed by atoms with Crippen molar-refractivity contribution < 1.29 is 9.53 Å². The molecule has 0 aliphatic rings. The third-order valence-electron chi connectivity index (χ3n) is 3.04. The summed E-state index contributed by atoms with van der Waals surface area (Å²) in [5.41, 5.74) is 1.63. The molecule has 0 radical (unpaired) electrons. The molecular weight excluding hydrogens is 323 g/mol. The highest BCUT2D eigenvalue weighted by molar-refractivity contribution is 6.32. The molecule has 0 aliphatic carbocycles. The molecule has 6 heteroatoms. The molecule has 0 aliphatic heterocycles. The number of methoxy groups -OCH3 is 1. The lowest BCUT2D eigenvalue weighted by atomic mass is 10.2. The highest BCUT2D eigenvalue weighted by Crippen LogP contribution is 2.26. The van der Waals surface area contributed by atoms with Crippen LogP contribution in [0.4, 0.5) is 5.69 Å². The van der Waals surface area contributed by atoms with E-state index in [-0.39, 0.29) is 12.5 Å². The molecule has 22 heavy (non-hydrogen) atoms. The van der Waals surface area contributed by atoms with Gasteiger partial charge in [-0.15, -0.1) is 0 Å². The fraction of sp³-hybridized carbons (Fsp3) is 0.188. The molecule has 0 unspecified atom stereocenters. The normalized spacial score (nSPS) is 10.1. The van der Waals surface area contributed by atoms with E-state index in [1.54, 1.807) is 31.4 Å². The summed E-state index contributed by atoms with van der Waals surface area (Å²) in [6, 6.07) is 12.6. The first kappa shape index (κ1) is 16.5. The monoisotopic (exact) mass is 338 g/mol. The number of anilines is 1. The van der Waals surface area contributed by atoms with Crippen LogP contribution >= 0.6 is 23.2 Å². The van der Waals surface area contributed by atoms with E-state index in [0.29, 0.717) is 22.3 Å². The average molecular weight is 339 g/mol. The summed E-state index contributed by atoms with van der Waals surface area (Å²) in [5, 5.41) is 6.93. The second-order valence-corrected chi connectivity index (χ2v) is 5.39. The minimum atomic E-state index is -0.133. The van der Waals surface area contributed by atoms with Gasteiger partial charge in [0, 0.05) is 17.3 Å². The van der Waals surface area contributed by atoms with Gasteiger partial charge in [-0.1, -0.05) is 41.4 Å². The minimum Gasteiger partial charge on any atom is -0.495 e. The molecule has 0 heterocycles. The number of halogens is 2. The van der Waals surface area contributed by atoms with Crippen LogP contribution in [0.15, 0.2) is 42.5 Å². The van der Waals surface area contributed by atoms with Crippen LogP contribution in [0.25, 0.3) is 0 Å². The van der Waals surface area contributed by atoms with Gasteiger partial charge in [0.2, 0.25) is 5.91 Å². The lowest BCUT2D eigenvalue weighted by molar-refractivity contribution is -0.119. The van der Waals surface area contributed by atoms with Crippen LogP contribution in [-0.4, -0.2) is 19.6 Å². The van der Waals surface area contributed by atoms with Gasteiger partial charge in [0.15, 0.2) is 0 Å². The molecule has 2 rings (SSSR count). The van der Waals surface area contributed by atoms with Crippen molar-refractivity contribution in [1.29, 1.82) is 0 Å². The van der Waals surface area contributed by atoms with Crippen molar-refractivity contribution in [3.8, 4) is 5.75 Å². The lowest BCUT2D eigenvalue weighted by Gasteiger charge is -2.10. The molecule has 4 nitrogen and oxygen atoms in total. The summed E-state index contributed by atoms with van der Waals surface area (Å²) in [6.07, 6.45) is 0. The summed E-state index contributed by atoms with van der Waals surface area (Å²) in [7, 11) is 1.55. The zero-order valence-corrected chi connectivity index (χ0v) is 13.5. The molecule has 2 N–H and O–H groups in total. The van der Waals surface area contributed by atoms with Crippen molar-refractivity contribution in [2.24, 2.45) is 0 Å². The first-order valence-corrected chi connectivity index (χ1v) is 7.43. The topological polar surface area (TPSA) is 50.4 Å². The number of rotatable bonds is 6. The number of amides is 1. The summed E-state index contributed by atoms with van der Waals surface area (Å²) in [6.45, 7) is 0.538. The molecule has 2 aromatic rings. The molecule has 1 amide bonds. The van der Waals surface area contributed by atoms with Crippen LogP contribution in [0.5, 0.6) is 5.75 Å². The summed E-state index contributed by atoms with van der Waals surface area (Å²) < 4.78 is 5.07. The van der Waals surface area contributed by atoms with Crippen molar-refractivity contribution in [2.45, 2.75) is 6.54 Å². The van der Waals surface area contributed by atoms with E-state index in [9.17, 15) is 4.79 Å². The molecule has 2 aromatic carbocycles. The number of hydrogen-bond donors (Lipinski definition) is 2. The van der Waals surface area contributed by atoms with E-state index in [4.69, 9.17) is 27.9 Å². The van der Waals surface area contributed by atoms with Crippen LogP contribution in [0.1, 0.15) is 5.56 Å². The Morgan fingerprint density at radius 3 is 2.59 bits per heavy atom. The van der Waals surface area contributed by atoms with Crippen LogP contribution in [0.2, 0.25) is 10.0 Å². The highest BCUT2D eigenvalue weighted by Gasteiger charge is 2.05. The number of hydrogen-bond acceptors (Lipinski definition) is 3. The standard InChI is InChI=1S/C16H16Cl2N2O2/c1-22-15-7-6-12(8-14(15)18)19-10-16(21)20-9-11-4-2-3-5-13(11)17/h2-8,19H,9-10H2,1H3,(H,20,21). The Labute approximate surface area is 139 Å². The fourth-order valence-corrected chi connectivity index (χ4v) is 2.32. The lowest BCUT2D eigenvalue weighted by Crippen LogP contribution is -2.29. The number of nitrogens with one attached hydrogen (secondary N) is 2. The van der Waals surface area contributed by atoms with E-state index >= 15 is 0 Å². The quantitative estimate of drug-likeness (QED) is 0.843. The smallest absolute Gasteiger partial charge is 0.239 e. The van der Waals surface area contributed by atoms with Gasteiger partial charge in [-0.05, 0) is 29.8 Å². The first-order chi connectivity index (χ1) is 10.6. The van der Waals surface area contributed by atoms with Gasteiger partial charge in [0.25, 0.3) is 0 Å². The molecule has 0 bridgehead atoms. The van der Waals surface area contributed by atoms with Gasteiger partial charge < -0.3 is 15.4 Å². The van der Waals surface area contributed by atoms with Gasteiger partial charge in [-0.3, -0.25) is 4.79 Å². The Morgan fingerprint density at radius 2 is 1.91 bits per heavy atom. The van der Waals surface area contributed by atoms with Gasteiger partial charge in [-0.2, -0.15) is 0 Å². The van der Waals surface area contributed by atoms with Gasteiger partial charge in [0.05, 0.1) is 18.7 Å². The predicted octanol–water partition coefficient (Wildman–Crippen LogP) is 3.73. The second kappa shape index (κ2) is 7.92. The van der Waals surface area contributed by atoms with Gasteiger partial charge >= 0.3 is 0 Å². The number of carbonyl (C=O) groups excluding carboxylic acids is 1. The summed E-state index contributed by atoms with van der Waals surface area (Å²) in [4.78, 5) is 11.8. The van der Waals surface area contributed by atoms with E-state index in [0.717, 1.165) is 11.3 Å². The Bertz CT molecular complexity index is 662. The van der Waals surface area contributed by atoms with Crippen molar-refractivity contribution in [1.82, 2.24) is 5.32 Å². The van der Waals surface area contributed by atoms with E-state index in [1.807, 2.05) is 18.2 Å². The Hall–Kier alpha value is -1.91. The van der Waals surface area contributed by atoms with Crippen LogP contribution < -0.4 is 15.4 Å². The van der Waals surface area contributed by atoms with Crippen molar-refractivity contribution in [3.05, 3.63) is 58.1 Å². The Morgan fingerprint density at radius 1 is 1.14 bits per heavy atom. The zero-order chi connectivity index (χ0) is 15.9. The maximum Gasteiger partial charge on any atom is 0.239 e. The minimum absolute atomic E-state index is 0.133. The fourth-order valence-electron chi connectivity index (χ4n) is 1.86. The maximum absolute atomic E-state index is 11.8. The highest BCUT2D eigenvalue weighted by atomic mass is 35.5. The summed E-state index contributed by atoms with van der Waals surface area (Å²) >= 11 is 12.1. The second-order valence-electron chi connectivity index (χ2n) is 4.57. The number of ether oxygens (including phenoxy) is 1. The predicted molar refractivity (Wildman–Crippen MR) is 89.8 cm³/mol. The number of benzene rings is 2. The number of carbonyl (C=O) groups is 1. The largest absolute Gasteiger partial charge is 0.495 e. The van der Waals surface area contributed by atoms with Crippen molar-refractivity contribution >= 4 is 34.8 Å². The van der Waals surface area contributed by atoms with Crippen molar-refractivity contribution in [2.75, 3.05) is 19.0 Å². The molecule has 0 saturated heterocycles. The molecule has 0 atom stereocenters. The molecule has 0 aromatic heterocycles. The Balaban J connectivity index is 1.83. The molecule has 0 spiro atoms. The van der Waals surface area contributed by atoms with E-state index < -0.39 is 0 Å². The summed E-state index contributed by atoms with van der Waals surface area (Å²) in [5.74, 6) is 0.460.